The zero-order chi connectivity index (χ0) is 12.8. The summed E-state index contributed by atoms with van der Waals surface area (Å²) in [5, 5.41) is 3.16. The summed E-state index contributed by atoms with van der Waals surface area (Å²) in [5.74, 6) is 2.43. The second-order valence-corrected chi connectivity index (χ2v) is 4.02. The Kier molecular flexibility index (Phi) is 4.90. The summed E-state index contributed by atoms with van der Waals surface area (Å²) in [6.45, 7) is 8.89. The second-order valence-electron chi connectivity index (χ2n) is 4.02. The highest BCUT2D eigenvalue weighted by Crippen LogP contribution is 2.16. The van der Waals surface area contributed by atoms with Gasteiger partial charge in [-0.15, -0.1) is 6.58 Å². The van der Waals surface area contributed by atoms with Gasteiger partial charge in [0.25, 0.3) is 0 Å². The molecule has 0 aliphatic heterocycles. The molecule has 1 rings (SSSR count). The summed E-state index contributed by atoms with van der Waals surface area (Å²) >= 11 is 0. The quantitative estimate of drug-likeness (QED) is 0.724. The van der Waals surface area contributed by atoms with Gasteiger partial charge in [-0.05, 0) is 13.8 Å². The zero-order valence-corrected chi connectivity index (χ0v) is 10.8. The van der Waals surface area contributed by atoms with Gasteiger partial charge in [-0.3, -0.25) is 0 Å². The number of nitrogens with one attached hydrogen (secondary N) is 1. The molecule has 1 aromatic heterocycles. The van der Waals surface area contributed by atoms with Gasteiger partial charge in [0, 0.05) is 32.2 Å². The van der Waals surface area contributed by atoms with E-state index in [0.717, 1.165) is 17.5 Å². The molecule has 0 aliphatic carbocycles. The summed E-state index contributed by atoms with van der Waals surface area (Å²) in [6.07, 6.45) is 1.79. The molecule has 1 heterocycles. The number of likely N-dealkylation sites (N-methyl/N-ethyl adjacent to an activating group) is 1. The predicted molar refractivity (Wildman–Crippen MR) is 72.4 cm³/mol. The molecule has 0 saturated carbocycles. The van der Waals surface area contributed by atoms with Crippen molar-refractivity contribution < 1.29 is 0 Å². The van der Waals surface area contributed by atoms with E-state index in [-0.39, 0.29) is 6.04 Å². The van der Waals surface area contributed by atoms with Crippen LogP contribution in [0.4, 0.5) is 11.6 Å². The first-order valence-corrected chi connectivity index (χ1v) is 5.71. The lowest BCUT2D eigenvalue weighted by Crippen LogP contribution is -2.36. The first-order valence-electron chi connectivity index (χ1n) is 5.71. The van der Waals surface area contributed by atoms with Gasteiger partial charge >= 0.3 is 0 Å². The predicted octanol–water partition coefficient (Wildman–Crippen LogP) is 1.17. The van der Waals surface area contributed by atoms with Crippen LogP contribution in [0.25, 0.3) is 0 Å². The maximum absolute atomic E-state index is 5.65. The van der Waals surface area contributed by atoms with Crippen LogP contribution >= 0.6 is 0 Å². The van der Waals surface area contributed by atoms with E-state index in [0.29, 0.717) is 13.1 Å². The van der Waals surface area contributed by atoms with Crippen LogP contribution in [0.2, 0.25) is 0 Å². The molecule has 1 unspecified atom stereocenters. The van der Waals surface area contributed by atoms with Crippen LogP contribution in [-0.2, 0) is 0 Å². The molecule has 0 spiro atoms. The lowest BCUT2D eigenvalue weighted by atomic mass is 10.3. The van der Waals surface area contributed by atoms with Crippen LogP contribution < -0.4 is 16.0 Å². The average molecular weight is 235 g/mol. The molecule has 1 aromatic rings. The van der Waals surface area contributed by atoms with Crippen molar-refractivity contribution >= 4 is 11.6 Å². The van der Waals surface area contributed by atoms with Gasteiger partial charge in [0.1, 0.15) is 17.5 Å². The normalized spacial score (nSPS) is 12.0. The highest BCUT2D eigenvalue weighted by atomic mass is 15.2. The lowest BCUT2D eigenvalue weighted by Gasteiger charge is -2.25. The van der Waals surface area contributed by atoms with Gasteiger partial charge < -0.3 is 16.0 Å². The largest absolute Gasteiger partial charge is 0.366 e. The van der Waals surface area contributed by atoms with Crippen LogP contribution in [0, 0.1) is 6.92 Å². The van der Waals surface area contributed by atoms with Crippen molar-refractivity contribution in [1.29, 1.82) is 0 Å². The molecule has 0 radical (unpaired) electrons. The summed E-state index contributed by atoms with van der Waals surface area (Å²) in [4.78, 5) is 10.8. The molecule has 17 heavy (non-hydrogen) atoms. The van der Waals surface area contributed by atoms with E-state index in [1.807, 2.05) is 24.9 Å². The van der Waals surface area contributed by atoms with Crippen molar-refractivity contribution in [2.24, 2.45) is 5.73 Å². The van der Waals surface area contributed by atoms with Crippen LogP contribution in [0.5, 0.6) is 0 Å². The van der Waals surface area contributed by atoms with Crippen molar-refractivity contribution in [3.05, 3.63) is 24.5 Å². The van der Waals surface area contributed by atoms with Crippen molar-refractivity contribution in [2.75, 3.05) is 30.4 Å². The Bertz CT molecular complexity index is 377. The molecule has 0 fully saturated rings. The zero-order valence-electron chi connectivity index (χ0n) is 10.8. The van der Waals surface area contributed by atoms with Crippen LogP contribution in [0.1, 0.15) is 12.7 Å². The fourth-order valence-corrected chi connectivity index (χ4v) is 1.38. The molecular weight excluding hydrogens is 214 g/mol. The third kappa shape index (κ3) is 3.71. The highest BCUT2D eigenvalue weighted by Gasteiger charge is 2.11. The Morgan fingerprint density at radius 2 is 2.29 bits per heavy atom. The van der Waals surface area contributed by atoms with E-state index in [2.05, 4.69) is 28.8 Å². The molecule has 0 amide bonds. The van der Waals surface area contributed by atoms with Crippen molar-refractivity contribution in [2.45, 2.75) is 19.9 Å². The Morgan fingerprint density at radius 1 is 1.59 bits per heavy atom. The molecule has 3 N–H and O–H groups in total. The minimum Gasteiger partial charge on any atom is -0.366 e. The first kappa shape index (κ1) is 13.4. The van der Waals surface area contributed by atoms with Gasteiger partial charge in [0.2, 0.25) is 0 Å². The monoisotopic (exact) mass is 235 g/mol. The smallest absolute Gasteiger partial charge is 0.134 e. The third-order valence-corrected chi connectivity index (χ3v) is 2.62. The fourth-order valence-electron chi connectivity index (χ4n) is 1.38. The topological polar surface area (TPSA) is 67.1 Å². The van der Waals surface area contributed by atoms with Crippen molar-refractivity contribution in [3.8, 4) is 0 Å². The number of rotatable bonds is 6. The van der Waals surface area contributed by atoms with Gasteiger partial charge in [-0.25, -0.2) is 9.97 Å². The number of nitrogens with zero attached hydrogens (tertiary/aromatic N) is 3. The second kappa shape index (κ2) is 6.20. The van der Waals surface area contributed by atoms with Gasteiger partial charge in [-0.2, -0.15) is 0 Å². The maximum atomic E-state index is 5.65. The average Bonchev–Trinajstić information content (AvgIpc) is 2.33. The van der Waals surface area contributed by atoms with Gasteiger partial charge in [-0.1, -0.05) is 6.08 Å². The molecule has 0 aromatic carbocycles. The summed E-state index contributed by atoms with van der Waals surface area (Å²) in [5.41, 5.74) is 5.65. The minimum absolute atomic E-state index is 0.247. The summed E-state index contributed by atoms with van der Waals surface area (Å²) in [7, 11) is 1.98. The summed E-state index contributed by atoms with van der Waals surface area (Å²) in [6, 6.07) is 2.17. The van der Waals surface area contributed by atoms with Crippen LogP contribution in [-0.4, -0.2) is 36.1 Å². The maximum Gasteiger partial charge on any atom is 0.134 e. The molecule has 5 nitrogen and oxygen atoms in total. The molecular formula is C12H21N5. The lowest BCUT2D eigenvalue weighted by molar-refractivity contribution is 0.685. The molecule has 0 aliphatic rings. The Hall–Kier alpha value is -1.62. The molecule has 5 heteroatoms. The number of nitrogens with two attached hydrogens (primary N) is 1. The van der Waals surface area contributed by atoms with E-state index in [4.69, 9.17) is 5.73 Å². The number of aromatic nitrogens is 2. The third-order valence-electron chi connectivity index (χ3n) is 2.62. The van der Waals surface area contributed by atoms with Gasteiger partial charge in [0.15, 0.2) is 0 Å². The molecule has 0 bridgehead atoms. The van der Waals surface area contributed by atoms with Crippen molar-refractivity contribution in [3.63, 3.8) is 0 Å². The van der Waals surface area contributed by atoms with Crippen LogP contribution in [0.15, 0.2) is 18.7 Å². The van der Waals surface area contributed by atoms with Gasteiger partial charge in [0.05, 0.1) is 0 Å². The standard InChI is InChI=1S/C12H21N5/c1-5-6-14-11-7-12(16-10(3)15-11)17(4)9(2)8-13/h5,7,9H,1,6,8,13H2,2-4H3,(H,14,15,16). The highest BCUT2D eigenvalue weighted by molar-refractivity contribution is 5.49. The number of anilines is 2. The first-order chi connectivity index (χ1) is 8.08. The molecule has 0 saturated heterocycles. The van der Waals surface area contributed by atoms with E-state index >= 15 is 0 Å². The fraction of sp³-hybridized carbons (Fsp3) is 0.500. The SMILES string of the molecule is C=CCNc1cc(N(C)C(C)CN)nc(C)n1. The Labute approximate surface area is 103 Å². The molecule has 1 atom stereocenters. The summed E-state index contributed by atoms with van der Waals surface area (Å²) < 4.78 is 0. The Morgan fingerprint density at radius 3 is 2.88 bits per heavy atom. The van der Waals surface area contributed by atoms with E-state index < -0.39 is 0 Å². The minimum atomic E-state index is 0.247. The van der Waals surface area contributed by atoms with E-state index in [9.17, 15) is 0 Å². The molecule has 94 valence electrons. The van der Waals surface area contributed by atoms with E-state index in [1.54, 1.807) is 6.08 Å². The van der Waals surface area contributed by atoms with E-state index in [1.165, 1.54) is 0 Å². The van der Waals surface area contributed by atoms with Crippen LogP contribution in [0.3, 0.4) is 0 Å². The number of aryl methyl sites for hydroxylation is 1. The Balaban J connectivity index is 2.91. The number of hydrogen-bond acceptors (Lipinski definition) is 5. The number of hydrogen-bond donors (Lipinski definition) is 2. The van der Waals surface area contributed by atoms with Crippen molar-refractivity contribution in [1.82, 2.24) is 9.97 Å².